The number of benzene rings is 2. The molecule has 1 fully saturated rings. The molecule has 6 rings (SSSR count). The molecule has 13 nitrogen and oxygen atoms in total. The minimum Gasteiger partial charge on any atom is -0.364 e. The van der Waals surface area contributed by atoms with Crippen molar-refractivity contribution in [1.29, 1.82) is 0 Å². The number of non-ortho nitro benzene ring substituents is 1. The average molecular weight is 567 g/mol. The predicted molar refractivity (Wildman–Crippen MR) is 159 cm³/mol. The van der Waals surface area contributed by atoms with Gasteiger partial charge in [0.05, 0.1) is 28.2 Å². The van der Waals surface area contributed by atoms with Crippen molar-refractivity contribution in [1.82, 2.24) is 29.4 Å². The molecule has 3 aromatic heterocycles. The molecule has 1 aliphatic carbocycles. The van der Waals surface area contributed by atoms with Crippen LogP contribution in [0.2, 0.25) is 0 Å². The number of carbonyl (C=O) groups excluding carboxylic acids is 1. The van der Waals surface area contributed by atoms with Crippen LogP contribution in [0.25, 0.3) is 22.6 Å². The molecule has 0 spiro atoms. The number of hydrogen-bond acceptors (Lipinski definition) is 8. The van der Waals surface area contributed by atoms with E-state index < -0.39 is 11.0 Å². The van der Waals surface area contributed by atoms with Gasteiger partial charge in [0.15, 0.2) is 11.5 Å². The lowest BCUT2D eigenvalue weighted by molar-refractivity contribution is -0.384. The Morgan fingerprint density at radius 2 is 1.88 bits per heavy atom. The number of aromatic nitrogens is 6. The van der Waals surface area contributed by atoms with Gasteiger partial charge in [-0.1, -0.05) is 32.9 Å². The lowest BCUT2D eigenvalue weighted by Crippen LogP contribution is -2.21. The van der Waals surface area contributed by atoms with Gasteiger partial charge in [-0.3, -0.25) is 15.4 Å². The van der Waals surface area contributed by atoms with E-state index in [9.17, 15) is 14.9 Å². The van der Waals surface area contributed by atoms with Crippen molar-refractivity contribution in [3.63, 3.8) is 0 Å². The second-order valence-corrected chi connectivity index (χ2v) is 11.4. The molecule has 3 N–H and O–H groups in total. The first-order chi connectivity index (χ1) is 20.1. The van der Waals surface area contributed by atoms with E-state index in [1.807, 2.05) is 45.9 Å². The Balaban J connectivity index is 1.28. The summed E-state index contributed by atoms with van der Waals surface area (Å²) in [7, 11) is 0. The number of carbonyl (C=O) groups is 1. The fraction of sp³-hybridized carbons (Fsp3) is 0.276. The van der Waals surface area contributed by atoms with Crippen LogP contribution in [0.3, 0.4) is 0 Å². The maximum Gasteiger partial charge on any atom is 0.324 e. The van der Waals surface area contributed by atoms with Crippen LogP contribution in [0.1, 0.15) is 44.9 Å². The SMILES string of the molecule is Cc1ccc(NC(=O)Nc2cc(C(C)(C)C)nn2-c2cccc([N+](=O)[O-])c2)cc1-c1cnc(NC2CC2)c2ncnn12. The standard InChI is InChI=1S/C29H30N10O3/c1-17-8-9-19(12-22(17)23-15-30-26(33-18-10-11-18)27-31-16-32-38(23)27)34-28(40)35-25-14-24(29(2,3)4)36-37(25)20-6-5-7-21(13-20)39(41)42/h5-9,12-16,18H,10-11H2,1-4H3,(H,30,33)(H2,34,35,40). The summed E-state index contributed by atoms with van der Waals surface area (Å²) in [6.07, 6.45) is 5.48. The minimum atomic E-state index is -0.496. The fourth-order valence-corrected chi connectivity index (χ4v) is 4.55. The lowest BCUT2D eigenvalue weighted by Gasteiger charge is -2.14. The van der Waals surface area contributed by atoms with Crippen molar-refractivity contribution in [2.24, 2.45) is 0 Å². The van der Waals surface area contributed by atoms with Gasteiger partial charge < -0.3 is 10.6 Å². The van der Waals surface area contributed by atoms with E-state index in [4.69, 9.17) is 0 Å². The number of nitrogens with zero attached hydrogens (tertiary/aromatic N) is 7. The Hall–Kier alpha value is -5.33. The maximum absolute atomic E-state index is 13.2. The summed E-state index contributed by atoms with van der Waals surface area (Å²) < 4.78 is 3.24. The lowest BCUT2D eigenvalue weighted by atomic mass is 9.92. The highest BCUT2D eigenvalue weighted by atomic mass is 16.6. The highest BCUT2D eigenvalue weighted by Crippen LogP contribution is 2.31. The van der Waals surface area contributed by atoms with Crippen LogP contribution in [0, 0.1) is 17.0 Å². The third kappa shape index (κ3) is 5.36. The second-order valence-electron chi connectivity index (χ2n) is 11.4. The smallest absolute Gasteiger partial charge is 0.324 e. The summed E-state index contributed by atoms with van der Waals surface area (Å²) in [5.74, 6) is 1.07. The monoisotopic (exact) mass is 566 g/mol. The Morgan fingerprint density at radius 1 is 1.07 bits per heavy atom. The van der Waals surface area contributed by atoms with E-state index >= 15 is 0 Å². The quantitative estimate of drug-likeness (QED) is 0.167. The Bertz CT molecular complexity index is 1830. The van der Waals surface area contributed by atoms with E-state index in [1.54, 1.807) is 28.9 Å². The van der Waals surface area contributed by atoms with Gasteiger partial charge in [0, 0.05) is 40.9 Å². The van der Waals surface area contributed by atoms with Gasteiger partial charge in [-0.2, -0.15) is 10.2 Å². The molecule has 0 atom stereocenters. The van der Waals surface area contributed by atoms with Crippen LogP contribution in [-0.2, 0) is 5.41 Å². The van der Waals surface area contributed by atoms with E-state index in [2.05, 4.69) is 36.1 Å². The van der Waals surface area contributed by atoms with Gasteiger partial charge >= 0.3 is 6.03 Å². The Morgan fingerprint density at radius 3 is 2.62 bits per heavy atom. The molecule has 13 heteroatoms. The number of nitro groups is 1. The van der Waals surface area contributed by atoms with Crippen molar-refractivity contribution >= 4 is 34.7 Å². The number of anilines is 3. The molecule has 2 amide bonds. The van der Waals surface area contributed by atoms with E-state index in [-0.39, 0.29) is 11.1 Å². The van der Waals surface area contributed by atoms with Crippen molar-refractivity contribution < 1.29 is 9.72 Å². The number of fused-ring (bicyclic) bond motifs is 1. The largest absolute Gasteiger partial charge is 0.364 e. The van der Waals surface area contributed by atoms with Gasteiger partial charge in [-0.05, 0) is 43.5 Å². The molecule has 42 heavy (non-hydrogen) atoms. The molecular formula is C29H30N10O3. The fourth-order valence-electron chi connectivity index (χ4n) is 4.55. The number of nitro benzene ring substituents is 1. The predicted octanol–water partition coefficient (Wildman–Crippen LogP) is 5.71. The summed E-state index contributed by atoms with van der Waals surface area (Å²) in [6, 6.07) is 13.4. The summed E-state index contributed by atoms with van der Waals surface area (Å²) in [4.78, 5) is 33.2. The van der Waals surface area contributed by atoms with Gasteiger partial charge in [0.25, 0.3) is 5.69 Å². The van der Waals surface area contributed by atoms with Gasteiger partial charge in [-0.15, -0.1) is 0 Å². The Kier molecular flexibility index (Phi) is 6.56. The number of amides is 2. The molecule has 1 saturated carbocycles. The third-order valence-corrected chi connectivity index (χ3v) is 7.00. The average Bonchev–Trinajstić information content (AvgIpc) is 3.43. The zero-order valence-corrected chi connectivity index (χ0v) is 23.6. The van der Waals surface area contributed by atoms with Crippen LogP contribution in [-0.4, -0.2) is 46.4 Å². The summed E-state index contributed by atoms with van der Waals surface area (Å²) >= 11 is 0. The zero-order chi connectivity index (χ0) is 29.6. The molecular weight excluding hydrogens is 536 g/mol. The van der Waals surface area contributed by atoms with Crippen LogP contribution in [0.15, 0.2) is 61.1 Å². The summed E-state index contributed by atoms with van der Waals surface area (Å²) in [5.41, 5.74) is 4.51. The first-order valence-corrected chi connectivity index (χ1v) is 13.6. The molecule has 0 radical (unpaired) electrons. The molecule has 0 bridgehead atoms. The first-order valence-electron chi connectivity index (χ1n) is 13.6. The van der Waals surface area contributed by atoms with E-state index in [1.165, 1.54) is 23.1 Å². The Labute approximate surface area is 241 Å². The highest BCUT2D eigenvalue weighted by Gasteiger charge is 2.24. The van der Waals surface area contributed by atoms with Gasteiger partial charge in [0.2, 0.25) is 0 Å². The van der Waals surface area contributed by atoms with Gasteiger partial charge in [0.1, 0.15) is 12.1 Å². The van der Waals surface area contributed by atoms with Crippen molar-refractivity contribution in [2.45, 2.75) is 52.0 Å². The highest BCUT2D eigenvalue weighted by molar-refractivity contribution is 6.00. The van der Waals surface area contributed by atoms with Gasteiger partial charge in [-0.25, -0.2) is 24.0 Å². The molecule has 3 heterocycles. The topological polar surface area (TPSA) is 157 Å². The number of hydrogen-bond donors (Lipinski definition) is 3. The molecule has 0 unspecified atom stereocenters. The van der Waals surface area contributed by atoms with E-state index in [0.717, 1.165) is 29.7 Å². The summed E-state index contributed by atoms with van der Waals surface area (Å²) in [5, 5.41) is 29.6. The maximum atomic E-state index is 13.2. The molecule has 0 aliphatic heterocycles. The normalized spacial score (nSPS) is 13.2. The molecule has 214 valence electrons. The van der Waals surface area contributed by atoms with Crippen molar-refractivity contribution in [3.8, 4) is 16.9 Å². The molecule has 2 aromatic carbocycles. The first kappa shape index (κ1) is 26.9. The van der Waals surface area contributed by atoms with Crippen LogP contribution in [0.4, 0.5) is 27.8 Å². The van der Waals surface area contributed by atoms with Crippen LogP contribution < -0.4 is 16.0 Å². The number of urea groups is 1. The van der Waals surface area contributed by atoms with Crippen molar-refractivity contribution in [2.75, 3.05) is 16.0 Å². The third-order valence-electron chi connectivity index (χ3n) is 7.00. The van der Waals surface area contributed by atoms with Crippen molar-refractivity contribution in [3.05, 3.63) is 82.4 Å². The summed E-state index contributed by atoms with van der Waals surface area (Å²) in [6.45, 7) is 7.98. The van der Waals surface area contributed by atoms with Crippen LogP contribution >= 0.6 is 0 Å². The number of nitrogens with one attached hydrogen (secondary N) is 3. The molecule has 1 aliphatic rings. The minimum absolute atomic E-state index is 0.0739. The van der Waals surface area contributed by atoms with E-state index in [0.29, 0.717) is 40.4 Å². The molecule has 0 saturated heterocycles. The number of rotatable bonds is 7. The van der Waals surface area contributed by atoms with Crippen LogP contribution in [0.5, 0.6) is 0 Å². The molecule has 5 aromatic rings. The number of aryl methyl sites for hydroxylation is 1. The second kappa shape index (κ2) is 10.3. The zero-order valence-electron chi connectivity index (χ0n) is 23.6.